The van der Waals surface area contributed by atoms with Crippen molar-refractivity contribution in [1.29, 1.82) is 5.26 Å². The summed E-state index contributed by atoms with van der Waals surface area (Å²) in [5.41, 5.74) is 2.40. The normalized spacial score (nSPS) is 10.3. The molecule has 2 N–H and O–H groups in total. The van der Waals surface area contributed by atoms with E-state index in [0.717, 1.165) is 17.7 Å². The van der Waals surface area contributed by atoms with Crippen LogP contribution >= 0.6 is 23.2 Å². The number of anilines is 3. The molecule has 0 fully saturated rings. The molecule has 0 bridgehead atoms. The third kappa shape index (κ3) is 5.33. The Balaban J connectivity index is 1.67. The number of halogens is 2. The summed E-state index contributed by atoms with van der Waals surface area (Å²) in [7, 11) is 0. The van der Waals surface area contributed by atoms with Crippen molar-refractivity contribution in [3.05, 3.63) is 75.5 Å². The Morgan fingerprint density at radius 3 is 2.63 bits per heavy atom. The molecule has 3 rings (SSSR count). The number of nitrogens with zero attached hydrogens (tertiary/aromatic N) is 3. The summed E-state index contributed by atoms with van der Waals surface area (Å²) >= 11 is 12.1. The molecule has 1 aromatic heterocycles. The molecule has 0 saturated carbocycles. The molecule has 0 saturated heterocycles. The van der Waals surface area contributed by atoms with Crippen LogP contribution < -0.4 is 10.6 Å². The van der Waals surface area contributed by atoms with Crippen molar-refractivity contribution in [3.8, 4) is 6.07 Å². The van der Waals surface area contributed by atoms with Crippen molar-refractivity contribution in [2.75, 3.05) is 17.2 Å². The van der Waals surface area contributed by atoms with Crippen molar-refractivity contribution in [2.24, 2.45) is 0 Å². The number of aryl methyl sites for hydroxylation is 1. The minimum atomic E-state index is 0.587. The molecule has 0 aliphatic rings. The molecule has 0 spiro atoms. The fourth-order valence-corrected chi connectivity index (χ4v) is 3.09. The zero-order valence-corrected chi connectivity index (χ0v) is 16.1. The van der Waals surface area contributed by atoms with E-state index in [9.17, 15) is 0 Å². The summed E-state index contributed by atoms with van der Waals surface area (Å²) in [5.74, 6) is 2.01. The molecule has 27 heavy (non-hydrogen) atoms. The number of aromatic nitrogens is 2. The smallest absolute Gasteiger partial charge is 0.136 e. The monoisotopic (exact) mass is 397 g/mol. The highest BCUT2D eigenvalue weighted by molar-refractivity contribution is 6.35. The Kier molecular flexibility index (Phi) is 6.12. The number of hydrogen-bond acceptors (Lipinski definition) is 5. The van der Waals surface area contributed by atoms with Gasteiger partial charge in [-0.15, -0.1) is 0 Å². The lowest BCUT2D eigenvalue weighted by Crippen LogP contribution is -2.08. The maximum absolute atomic E-state index is 9.01. The first-order valence-corrected chi connectivity index (χ1v) is 9.10. The van der Waals surface area contributed by atoms with Gasteiger partial charge in [0.2, 0.25) is 0 Å². The minimum absolute atomic E-state index is 0.587. The van der Waals surface area contributed by atoms with Crippen LogP contribution in [0.1, 0.15) is 17.0 Å². The lowest BCUT2D eigenvalue weighted by molar-refractivity contribution is 0.983. The Hall–Kier alpha value is -2.81. The number of nitrogens with one attached hydrogen (secondary N) is 2. The summed E-state index contributed by atoms with van der Waals surface area (Å²) in [4.78, 5) is 8.80. The first-order valence-electron chi connectivity index (χ1n) is 8.34. The van der Waals surface area contributed by atoms with Crippen LogP contribution in [0.3, 0.4) is 0 Å². The zero-order chi connectivity index (χ0) is 19.2. The largest absolute Gasteiger partial charge is 0.370 e. The van der Waals surface area contributed by atoms with Crippen LogP contribution in [0.4, 0.5) is 17.3 Å². The fraction of sp³-hybridized carbons (Fsp3) is 0.150. The topological polar surface area (TPSA) is 73.6 Å². The second kappa shape index (κ2) is 8.72. The summed E-state index contributed by atoms with van der Waals surface area (Å²) in [6.07, 6.45) is 0.742. The molecule has 2 aromatic carbocycles. The fourth-order valence-electron chi connectivity index (χ4n) is 2.59. The van der Waals surface area contributed by atoms with E-state index in [1.807, 2.05) is 37.3 Å². The molecular formula is C20H17Cl2N5. The first-order chi connectivity index (χ1) is 13.0. The van der Waals surface area contributed by atoms with Gasteiger partial charge in [-0.25, -0.2) is 9.97 Å². The predicted molar refractivity (Wildman–Crippen MR) is 110 cm³/mol. The van der Waals surface area contributed by atoms with E-state index in [1.165, 1.54) is 0 Å². The van der Waals surface area contributed by atoms with E-state index in [-0.39, 0.29) is 0 Å². The van der Waals surface area contributed by atoms with Gasteiger partial charge >= 0.3 is 0 Å². The van der Waals surface area contributed by atoms with Crippen molar-refractivity contribution < 1.29 is 0 Å². The van der Waals surface area contributed by atoms with Gasteiger partial charge in [-0.05, 0) is 49.2 Å². The van der Waals surface area contributed by atoms with Gasteiger partial charge in [0.05, 0.1) is 11.6 Å². The van der Waals surface area contributed by atoms with Crippen LogP contribution in [-0.4, -0.2) is 16.5 Å². The molecule has 0 aliphatic carbocycles. The van der Waals surface area contributed by atoms with Crippen LogP contribution in [0.5, 0.6) is 0 Å². The molecule has 136 valence electrons. The minimum Gasteiger partial charge on any atom is -0.370 e. The van der Waals surface area contributed by atoms with E-state index >= 15 is 0 Å². The van der Waals surface area contributed by atoms with Crippen molar-refractivity contribution >= 4 is 40.5 Å². The van der Waals surface area contributed by atoms with E-state index in [1.54, 1.807) is 18.2 Å². The van der Waals surface area contributed by atoms with Crippen LogP contribution in [-0.2, 0) is 6.42 Å². The highest BCUT2D eigenvalue weighted by Crippen LogP contribution is 2.22. The highest BCUT2D eigenvalue weighted by atomic mass is 35.5. The average molecular weight is 398 g/mol. The Bertz CT molecular complexity index is 998. The molecule has 7 heteroatoms. The van der Waals surface area contributed by atoms with Crippen LogP contribution in [0.25, 0.3) is 0 Å². The molecule has 0 aliphatic heterocycles. The third-order valence-electron chi connectivity index (χ3n) is 3.82. The summed E-state index contributed by atoms with van der Waals surface area (Å²) in [6, 6.07) is 16.7. The van der Waals surface area contributed by atoms with Gasteiger partial charge in [0.15, 0.2) is 0 Å². The lowest BCUT2D eigenvalue weighted by Gasteiger charge is -2.11. The van der Waals surface area contributed by atoms with E-state index < -0.39 is 0 Å². The zero-order valence-electron chi connectivity index (χ0n) is 14.6. The summed E-state index contributed by atoms with van der Waals surface area (Å²) in [5, 5.41) is 16.8. The van der Waals surface area contributed by atoms with Gasteiger partial charge in [-0.2, -0.15) is 5.26 Å². The van der Waals surface area contributed by atoms with Gasteiger partial charge < -0.3 is 10.6 Å². The first kappa shape index (κ1) is 19.0. The molecular weight excluding hydrogens is 381 g/mol. The van der Waals surface area contributed by atoms with Crippen molar-refractivity contribution in [2.45, 2.75) is 13.3 Å². The van der Waals surface area contributed by atoms with E-state index in [0.29, 0.717) is 39.6 Å². The second-order valence-corrected chi connectivity index (χ2v) is 6.76. The van der Waals surface area contributed by atoms with Gasteiger partial charge in [0, 0.05) is 28.3 Å². The number of hydrogen-bond donors (Lipinski definition) is 2. The van der Waals surface area contributed by atoms with Gasteiger partial charge in [0.1, 0.15) is 17.5 Å². The summed E-state index contributed by atoms with van der Waals surface area (Å²) in [6.45, 7) is 2.50. The summed E-state index contributed by atoms with van der Waals surface area (Å²) < 4.78 is 0. The Labute approximate surface area is 168 Å². The van der Waals surface area contributed by atoms with Gasteiger partial charge in [-0.3, -0.25) is 0 Å². The standard InChI is InChI=1S/C20H17Cl2N5/c1-13-25-19(24-8-7-15-5-6-16(21)10-18(15)22)11-20(26-13)27-17-4-2-3-14(9-17)12-23/h2-6,9-11H,7-8H2,1H3,(H2,24,25,26,27). The quantitative estimate of drug-likeness (QED) is 0.585. The van der Waals surface area contributed by atoms with Gasteiger partial charge in [-0.1, -0.05) is 35.3 Å². The molecule has 1 heterocycles. The second-order valence-electron chi connectivity index (χ2n) is 5.92. The molecule has 0 unspecified atom stereocenters. The lowest BCUT2D eigenvalue weighted by atomic mass is 10.1. The molecule has 0 radical (unpaired) electrons. The van der Waals surface area contributed by atoms with Gasteiger partial charge in [0.25, 0.3) is 0 Å². The maximum atomic E-state index is 9.01. The number of rotatable bonds is 6. The van der Waals surface area contributed by atoms with E-state index in [2.05, 4.69) is 26.7 Å². The number of nitriles is 1. The van der Waals surface area contributed by atoms with Crippen LogP contribution in [0.15, 0.2) is 48.5 Å². The maximum Gasteiger partial charge on any atom is 0.136 e. The predicted octanol–water partition coefficient (Wildman–Crippen LogP) is 5.36. The van der Waals surface area contributed by atoms with Crippen molar-refractivity contribution in [1.82, 2.24) is 9.97 Å². The van der Waals surface area contributed by atoms with Crippen LogP contribution in [0.2, 0.25) is 10.0 Å². The van der Waals surface area contributed by atoms with E-state index in [4.69, 9.17) is 28.5 Å². The SMILES string of the molecule is Cc1nc(NCCc2ccc(Cl)cc2Cl)cc(Nc2cccc(C#N)c2)n1. The van der Waals surface area contributed by atoms with Crippen molar-refractivity contribution in [3.63, 3.8) is 0 Å². The third-order valence-corrected chi connectivity index (χ3v) is 4.40. The molecule has 0 atom stereocenters. The molecule has 0 amide bonds. The Morgan fingerprint density at radius 2 is 1.85 bits per heavy atom. The average Bonchev–Trinajstić information content (AvgIpc) is 2.63. The highest BCUT2D eigenvalue weighted by Gasteiger charge is 2.05. The number of benzene rings is 2. The Morgan fingerprint density at radius 1 is 1.04 bits per heavy atom. The molecule has 3 aromatic rings. The van der Waals surface area contributed by atoms with Crippen LogP contribution in [0, 0.1) is 18.3 Å². The molecule has 5 nitrogen and oxygen atoms in total.